The van der Waals surface area contributed by atoms with Crippen LogP contribution in [-0.2, 0) is 4.79 Å². The maximum Gasteiger partial charge on any atom is 0.323 e. The van der Waals surface area contributed by atoms with Crippen molar-refractivity contribution < 1.29 is 9.59 Å². The van der Waals surface area contributed by atoms with E-state index in [9.17, 15) is 9.59 Å². The molecule has 0 aromatic carbocycles. The molecule has 1 rings (SSSR count). The molecule has 0 aromatic heterocycles. The fourth-order valence-electron chi connectivity index (χ4n) is 0.412. The van der Waals surface area contributed by atoms with Gasteiger partial charge in [-0.15, -0.1) is 0 Å². The van der Waals surface area contributed by atoms with Crippen LogP contribution in [0.15, 0.2) is 0 Å². The Kier molecular flexibility index (Phi) is 6.48. The Balaban J connectivity index is 0.000000310. The molecule has 13 heavy (non-hydrogen) atoms. The summed E-state index contributed by atoms with van der Waals surface area (Å²) in [5, 5.41) is 4.30. The molecule has 0 bridgehead atoms. The van der Waals surface area contributed by atoms with Crippen LogP contribution in [0, 0.1) is 0 Å². The van der Waals surface area contributed by atoms with E-state index in [4.69, 9.17) is 33.7 Å². The van der Waals surface area contributed by atoms with Gasteiger partial charge in [0.05, 0.1) is 0 Å². The molecule has 1 aliphatic heterocycles. The third-order valence-corrected chi connectivity index (χ3v) is 1.90. The van der Waals surface area contributed by atoms with Gasteiger partial charge < -0.3 is 5.32 Å². The number of rotatable bonds is 0. The maximum atomic E-state index is 10.6. The van der Waals surface area contributed by atoms with Crippen LogP contribution in [0.4, 0.5) is 4.79 Å². The molecule has 3 amide bonds. The summed E-state index contributed by atoms with van der Waals surface area (Å²) in [5.41, 5.74) is 0. The Morgan fingerprint density at radius 2 is 1.62 bits per heavy atom. The summed E-state index contributed by atoms with van der Waals surface area (Å²) in [6.45, 7) is 0. The van der Waals surface area contributed by atoms with Crippen LogP contribution in [-0.4, -0.2) is 15.3 Å². The fraction of sp³-hybridized carbons (Fsp3) is 0.333. The van der Waals surface area contributed by atoms with Crippen molar-refractivity contribution >= 4 is 83.5 Å². The number of imide groups is 1. The van der Waals surface area contributed by atoms with Gasteiger partial charge in [-0.2, -0.15) is 0 Å². The topological polar surface area (TPSA) is 58.2 Å². The Bertz CT molecular complexity index is 224. The molecular weight excluding hydrogens is 393 g/mol. The molecule has 0 atom stereocenters. The van der Waals surface area contributed by atoms with Crippen LogP contribution in [0.25, 0.3) is 0 Å². The van der Waals surface area contributed by atoms with E-state index in [0.717, 1.165) is 0 Å². The quantitative estimate of drug-likeness (QED) is 0.287. The number of alkyl halides is 2. The summed E-state index contributed by atoms with van der Waals surface area (Å²) >= 11 is 20.5. The maximum absolute atomic E-state index is 10.6. The molecular formula is C3H2Br2Cl3N2O2P. The molecule has 1 heterocycles. The number of carbonyl (C=O) groups is 2. The molecule has 0 unspecified atom stereocenters. The highest BCUT2D eigenvalue weighted by Crippen LogP contribution is 2.51. The molecule has 10 heteroatoms. The van der Waals surface area contributed by atoms with Gasteiger partial charge in [0.25, 0.3) is 5.91 Å². The van der Waals surface area contributed by atoms with Crippen molar-refractivity contribution in [2.24, 2.45) is 0 Å². The van der Waals surface area contributed by atoms with Crippen molar-refractivity contribution in [1.29, 1.82) is 0 Å². The predicted octanol–water partition coefficient (Wildman–Crippen LogP) is 3.20. The third kappa shape index (κ3) is 6.31. The average molecular weight is 395 g/mol. The Morgan fingerprint density at radius 3 is 1.69 bits per heavy atom. The molecule has 2 N–H and O–H groups in total. The summed E-state index contributed by atoms with van der Waals surface area (Å²) in [5.74, 6) is -1.64. The number of urea groups is 1. The SMILES string of the molecule is ClP(Cl)Cl.O=C1NC(=O)C(Br)(Br)N1. The lowest BCUT2D eigenvalue weighted by Gasteiger charge is -2.05. The number of hydrogen-bond donors (Lipinski definition) is 2. The second kappa shape index (κ2) is 5.93. The normalized spacial score (nSPS) is 18.9. The number of carbonyl (C=O) groups excluding carboxylic acids is 2. The van der Waals surface area contributed by atoms with E-state index in [-0.39, 0.29) is 0 Å². The Morgan fingerprint density at radius 1 is 1.23 bits per heavy atom. The number of hydrogen-bond acceptors (Lipinski definition) is 2. The van der Waals surface area contributed by atoms with E-state index < -0.39 is 21.3 Å². The van der Waals surface area contributed by atoms with Crippen molar-refractivity contribution in [3.8, 4) is 0 Å². The first-order valence-corrected chi connectivity index (χ1v) is 8.19. The molecule has 1 saturated heterocycles. The van der Waals surface area contributed by atoms with Gasteiger partial charge in [0.1, 0.15) is 0 Å². The standard InChI is InChI=1S/C3H2Br2N2O2.Cl3P/c4-3(5)1(8)6-2(9)7-3;1-4(2)3/h(H2,6,7,8,9);. The highest BCUT2D eigenvalue weighted by atomic mass is 79.9. The Hall–Kier alpha value is 1.20. The largest absolute Gasteiger partial charge is 0.323 e. The van der Waals surface area contributed by atoms with Gasteiger partial charge in [-0.1, -0.05) is 33.7 Å². The van der Waals surface area contributed by atoms with Crippen molar-refractivity contribution in [2.45, 2.75) is 3.36 Å². The minimum atomic E-state index is -1.20. The third-order valence-electron chi connectivity index (χ3n) is 0.783. The van der Waals surface area contributed by atoms with E-state index >= 15 is 0 Å². The summed E-state index contributed by atoms with van der Waals surface area (Å²) in [6.07, 6.45) is 0. The van der Waals surface area contributed by atoms with Crippen LogP contribution >= 0.6 is 71.6 Å². The monoisotopic (exact) mass is 392 g/mol. The van der Waals surface area contributed by atoms with Crippen molar-refractivity contribution in [2.75, 3.05) is 0 Å². The van der Waals surface area contributed by atoms with Crippen LogP contribution in [0.5, 0.6) is 0 Å². The second-order valence-corrected chi connectivity index (χ2v) is 10.1. The highest BCUT2D eigenvalue weighted by Gasteiger charge is 2.41. The molecule has 0 radical (unpaired) electrons. The van der Waals surface area contributed by atoms with Gasteiger partial charge in [0.15, 0.2) is 5.98 Å². The zero-order valence-electron chi connectivity index (χ0n) is 5.65. The summed E-state index contributed by atoms with van der Waals surface area (Å²) in [7, 11) is 0. The molecule has 1 fully saturated rings. The van der Waals surface area contributed by atoms with E-state index in [1.54, 1.807) is 0 Å². The van der Waals surface area contributed by atoms with Gasteiger partial charge in [-0.3, -0.25) is 10.1 Å². The first kappa shape index (κ1) is 14.2. The zero-order valence-corrected chi connectivity index (χ0v) is 12.0. The zero-order chi connectivity index (χ0) is 10.6. The molecule has 0 aliphatic carbocycles. The summed E-state index contributed by atoms with van der Waals surface area (Å²) in [4.78, 5) is 21.0. The van der Waals surface area contributed by atoms with Crippen molar-refractivity contribution in [1.82, 2.24) is 10.6 Å². The Labute approximate surface area is 106 Å². The lowest BCUT2D eigenvalue weighted by molar-refractivity contribution is -0.118. The van der Waals surface area contributed by atoms with Gasteiger partial charge in [-0.25, -0.2) is 4.79 Å². The lowest BCUT2D eigenvalue weighted by atomic mass is 10.7. The molecule has 0 aromatic rings. The van der Waals surface area contributed by atoms with Crippen LogP contribution in [0.1, 0.15) is 0 Å². The molecule has 0 saturated carbocycles. The number of amides is 3. The minimum Gasteiger partial charge on any atom is -0.306 e. The second-order valence-electron chi connectivity index (χ2n) is 1.67. The summed E-state index contributed by atoms with van der Waals surface area (Å²) in [6, 6.07) is -0.506. The fourth-order valence-corrected chi connectivity index (χ4v) is 0.971. The van der Waals surface area contributed by atoms with E-state index in [0.29, 0.717) is 0 Å². The smallest absolute Gasteiger partial charge is 0.306 e. The highest BCUT2D eigenvalue weighted by molar-refractivity contribution is 9.25. The lowest BCUT2D eigenvalue weighted by Crippen LogP contribution is -2.32. The van der Waals surface area contributed by atoms with Crippen molar-refractivity contribution in [3.63, 3.8) is 0 Å². The molecule has 0 spiro atoms. The number of halogens is 5. The average Bonchev–Trinajstić information content (AvgIpc) is 2.02. The predicted molar refractivity (Wildman–Crippen MR) is 61.7 cm³/mol. The first-order chi connectivity index (χ1) is 5.75. The van der Waals surface area contributed by atoms with E-state index in [2.05, 4.69) is 37.2 Å². The van der Waals surface area contributed by atoms with E-state index in [1.807, 2.05) is 5.32 Å². The van der Waals surface area contributed by atoms with Gasteiger partial charge in [0, 0.05) is 0 Å². The van der Waals surface area contributed by atoms with E-state index in [1.165, 1.54) is 0 Å². The molecule has 1 aliphatic rings. The number of nitrogens with one attached hydrogen (secondary N) is 2. The van der Waals surface area contributed by atoms with Crippen molar-refractivity contribution in [3.05, 3.63) is 0 Å². The first-order valence-electron chi connectivity index (χ1n) is 2.54. The van der Waals surface area contributed by atoms with Gasteiger partial charge >= 0.3 is 6.03 Å². The van der Waals surface area contributed by atoms with Gasteiger partial charge in [-0.05, 0) is 31.9 Å². The van der Waals surface area contributed by atoms with Crippen LogP contribution in [0.2, 0.25) is 0 Å². The molecule has 4 nitrogen and oxygen atoms in total. The minimum absolute atomic E-state index is 0.437. The van der Waals surface area contributed by atoms with Crippen LogP contribution in [0.3, 0.4) is 0 Å². The molecule has 76 valence electrons. The van der Waals surface area contributed by atoms with Gasteiger partial charge in [0.2, 0.25) is 3.36 Å². The summed E-state index contributed by atoms with van der Waals surface area (Å²) < 4.78 is -1.10. The van der Waals surface area contributed by atoms with Crippen LogP contribution < -0.4 is 10.6 Å².